The van der Waals surface area contributed by atoms with Crippen molar-refractivity contribution in [2.24, 2.45) is 5.92 Å². The van der Waals surface area contributed by atoms with E-state index in [0.717, 1.165) is 44.1 Å². The third-order valence-electron chi connectivity index (χ3n) is 6.42. The molecule has 0 radical (unpaired) electrons. The number of nitrogens with one attached hydrogen (secondary N) is 4. The zero-order chi connectivity index (χ0) is 21.3. The zero-order valence-electron chi connectivity index (χ0n) is 17.5. The summed E-state index contributed by atoms with van der Waals surface area (Å²) in [6.45, 7) is 3.93. The van der Waals surface area contributed by atoms with Gasteiger partial charge in [0.2, 0.25) is 5.91 Å². The predicted octanol–water partition coefficient (Wildman–Crippen LogP) is 2.34. The molecule has 1 aliphatic heterocycles. The van der Waals surface area contributed by atoms with Crippen LogP contribution in [0.15, 0.2) is 12.3 Å². The van der Waals surface area contributed by atoms with Crippen molar-refractivity contribution in [3.05, 3.63) is 28.5 Å². The van der Waals surface area contributed by atoms with E-state index in [-0.39, 0.29) is 42.3 Å². The van der Waals surface area contributed by atoms with Gasteiger partial charge in [-0.15, -0.1) is 0 Å². The lowest BCUT2D eigenvalue weighted by Crippen LogP contribution is -2.45. The minimum Gasteiger partial charge on any atom is -0.446 e. The molecule has 9 heteroatoms. The molecule has 30 heavy (non-hydrogen) atoms. The molecule has 4 N–H and O–H groups in total. The number of hydrogen-bond donors (Lipinski definition) is 4. The number of rotatable bonds is 6. The number of alkyl carbamates (subject to hydrolysis) is 1. The Morgan fingerprint density at radius 1 is 1.30 bits per heavy atom. The highest BCUT2D eigenvalue weighted by Gasteiger charge is 2.41. The predicted molar refractivity (Wildman–Crippen MR) is 113 cm³/mol. The van der Waals surface area contributed by atoms with Crippen LogP contribution in [0.4, 0.5) is 4.79 Å². The van der Waals surface area contributed by atoms with Gasteiger partial charge in [0.25, 0.3) is 0 Å². The Bertz CT molecular complexity index is 816. The van der Waals surface area contributed by atoms with E-state index in [1.807, 2.05) is 19.9 Å². The minimum absolute atomic E-state index is 0.0395. The Morgan fingerprint density at radius 3 is 2.87 bits per heavy atom. The van der Waals surface area contributed by atoms with E-state index < -0.39 is 0 Å². The lowest BCUT2D eigenvalue weighted by atomic mass is 9.96. The Morgan fingerprint density at radius 2 is 2.10 bits per heavy atom. The lowest BCUT2D eigenvalue weighted by Gasteiger charge is -2.19. The number of carbonyl (C=O) groups excluding carboxylic acids is 2. The van der Waals surface area contributed by atoms with E-state index in [1.54, 1.807) is 6.20 Å². The van der Waals surface area contributed by atoms with Gasteiger partial charge in [0.15, 0.2) is 0 Å². The van der Waals surface area contributed by atoms with Crippen LogP contribution in [-0.2, 0) is 16.0 Å². The summed E-state index contributed by atoms with van der Waals surface area (Å²) in [6, 6.07) is 2.05. The number of hydrazine groups is 1. The standard InChI is InChI=1S/C21H30ClN5O3/c1-12-5-8-23-16(19(12)22)11-18(28)24-17-10-15(26-27-17)13-3-4-14(9-13)30-20(29)25-21(2)6-7-21/h5,8,13-15,17,26-27H,3-4,6-7,9-11H2,1-2H3,(H,24,28)(H,25,29)/t13-,14+,15?,17?/m0/s1. The first-order valence-electron chi connectivity index (χ1n) is 10.7. The first-order valence-corrected chi connectivity index (χ1v) is 11.1. The van der Waals surface area contributed by atoms with Crippen molar-refractivity contribution in [1.82, 2.24) is 26.5 Å². The first kappa shape index (κ1) is 21.3. The van der Waals surface area contributed by atoms with Crippen LogP contribution in [0.25, 0.3) is 0 Å². The molecule has 164 valence electrons. The van der Waals surface area contributed by atoms with Crippen LogP contribution in [0.1, 0.15) is 56.7 Å². The second kappa shape index (κ2) is 8.69. The van der Waals surface area contributed by atoms with Gasteiger partial charge in [-0.1, -0.05) is 11.6 Å². The zero-order valence-corrected chi connectivity index (χ0v) is 18.2. The van der Waals surface area contributed by atoms with Gasteiger partial charge in [-0.2, -0.15) is 0 Å². The van der Waals surface area contributed by atoms with Crippen molar-refractivity contribution in [3.63, 3.8) is 0 Å². The monoisotopic (exact) mass is 435 g/mol. The van der Waals surface area contributed by atoms with E-state index in [9.17, 15) is 9.59 Å². The highest BCUT2D eigenvalue weighted by atomic mass is 35.5. The summed E-state index contributed by atoms with van der Waals surface area (Å²) in [5, 5.41) is 6.48. The lowest BCUT2D eigenvalue weighted by molar-refractivity contribution is -0.121. The molecule has 2 aliphatic carbocycles. The molecule has 1 saturated heterocycles. The molecule has 3 fully saturated rings. The van der Waals surface area contributed by atoms with Gasteiger partial charge in [0, 0.05) is 17.8 Å². The number of nitrogens with zero attached hydrogens (tertiary/aromatic N) is 1. The number of carbonyl (C=O) groups is 2. The Hall–Kier alpha value is -1.90. The van der Waals surface area contributed by atoms with E-state index >= 15 is 0 Å². The first-order chi connectivity index (χ1) is 14.3. The summed E-state index contributed by atoms with van der Waals surface area (Å²) >= 11 is 6.24. The van der Waals surface area contributed by atoms with Gasteiger partial charge < -0.3 is 15.4 Å². The fourth-order valence-corrected chi connectivity index (χ4v) is 4.47. The molecule has 0 aromatic carbocycles. The van der Waals surface area contributed by atoms with E-state index in [1.165, 1.54) is 0 Å². The molecule has 4 rings (SSSR count). The van der Waals surface area contributed by atoms with Crippen molar-refractivity contribution < 1.29 is 14.3 Å². The number of pyridine rings is 1. The normalized spacial score (nSPS) is 29.4. The maximum absolute atomic E-state index is 12.4. The summed E-state index contributed by atoms with van der Waals surface area (Å²) < 4.78 is 5.61. The highest BCUT2D eigenvalue weighted by Crippen LogP contribution is 2.36. The largest absolute Gasteiger partial charge is 0.446 e. The molecule has 2 amide bonds. The molecule has 2 unspecified atom stereocenters. The molecular weight excluding hydrogens is 406 g/mol. The molecule has 1 aromatic rings. The topological polar surface area (TPSA) is 104 Å². The van der Waals surface area contributed by atoms with Crippen molar-refractivity contribution in [1.29, 1.82) is 0 Å². The second-order valence-corrected chi connectivity index (χ2v) is 9.48. The quantitative estimate of drug-likeness (QED) is 0.546. The number of amides is 2. The van der Waals surface area contributed by atoms with Crippen LogP contribution in [0.2, 0.25) is 5.02 Å². The van der Waals surface area contributed by atoms with Gasteiger partial charge in [-0.3, -0.25) is 15.2 Å². The summed E-state index contributed by atoms with van der Waals surface area (Å²) in [6.07, 6.45) is 6.86. The van der Waals surface area contributed by atoms with E-state index in [0.29, 0.717) is 16.6 Å². The molecule has 0 bridgehead atoms. The summed E-state index contributed by atoms with van der Waals surface area (Å²) in [4.78, 5) is 28.7. The molecule has 1 aromatic heterocycles. The van der Waals surface area contributed by atoms with E-state index in [2.05, 4.69) is 26.5 Å². The maximum atomic E-state index is 12.4. The molecular formula is C21H30ClN5O3. The number of halogens is 1. The molecule has 4 atom stereocenters. The van der Waals surface area contributed by atoms with Crippen LogP contribution in [0, 0.1) is 12.8 Å². The number of aromatic nitrogens is 1. The molecule has 2 heterocycles. The smallest absolute Gasteiger partial charge is 0.407 e. The summed E-state index contributed by atoms with van der Waals surface area (Å²) in [7, 11) is 0. The fourth-order valence-electron chi connectivity index (χ4n) is 4.29. The summed E-state index contributed by atoms with van der Waals surface area (Å²) in [5.74, 6) is 0.287. The average Bonchev–Trinajstić information content (AvgIpc) is 3.08. The van der Waals surface area contributed by atoms with Crippen molar-refractivity contribution in [2.45, 2.75) is 82.6 Å². The van der Waals surface area contributed by atoms with Gasteiger partial charge in [0.05, 0.1) is 23.3 Å². The number of hydrogen-bond acceptors (Lipinski definition) is 6. The molecule has 3 aliphatic rings. The molecule has 0 spiro atoms. The fraction of sp³-hybridized carbons (Fsp3) is 0.667. The van der Waals surface area contributed by atoms with Crippen LogP contribution in [0.3, 0.4) is 0 Å². The minimum atomic E-state index is -0.299. The second-order valence-electron chi connectivity index (χ2n) is 9.10. The highest BCUT2D eigenvalue weighted by molar-refractivity contribution is 6.32. The molecule has 8 nitrogen and oxygen atoms in total. The van der Waals surface area contributed by atoms with Gasteiger partial charge >= 0.3 is 6.09 Å². The van der Waals surface area contributed by atoms with Crippen LogP contribution in [0.5, 0.6) is 0 Å². The Balaban J connectivity index is 1.20. The van der Waals surface area contributed by atoms with Gasteiger partial charge in [0.1, 0.15) is 6.10 Å². The SMILES string of the molecule is Cc1ccnc(CC(=O)NC2CC([C@H]3CC[C@@H](OC(=O)NC4(C)CC4)C3)NN2)c1Cl. The number of ether oxygens (including phenoxy) is 1. The van der Waals surface area contributed by atoms with Crippen molar-refractivity contribution in [3.8, 4) is 0 Å². The van der Waals surface area contributed by atoms with E-state index in [4.69, 9.17) is 16.3 Å². The number of aryl methyl sites for hydroxylation is 1. The maximum Gasteiger partial charge on any atom is 0.407 e. The van der Waals surface area contributed by atoms with Crippen LogP contribution < -0.4 is 21.5 Å². The Kier molecular flexibility index (Phi) is 6.18. The average molecular weight is 436 g/mol. The third kappa shape index (κ3) is 5.22. The molecule has 2 saturated carbocycles. The third-order valence-corrected chi connectivity index (χ3v) is 6.94. The van der Waals surface area contributed by atoms with Crippen molar-refractivity contribution in [2.75, 3.05) is 0 Å². The van der Waals surface area contributed by atoms with Crippen molar-refractivity contribution >= 4 is 23.6 Å². The van der Waals surface area contributed by atoms with Gasteiger partial charge in [-0.05, 0) is 69.9 Å². The van der Waals surface area contributed by atoms with Gasteiger partial charge in [-0.25, -0.2) is 10.2 Å². The Labute approximate surface area is 181 Å². The van der Waals surface area contributed by atoms with Crippen LogP contribution in [-0.4, -0.2) is 40.8 Å². The van der Waals surface area contributed by atoms with Crippen LogP contribution >= 0.6 is 11.6 Å². The summed E-state index contributed by atoms with van der Waals surface area (Å²) in [5.41, 5.74) is 7.90.